The van der Waals surface area contributed by atoms with Gasteiger partial charge in [0.1, 0.15) is 17.5 Å². The normalized spacial score (nSPS) is 15.8. The predicted molar refractivity (Wildman–Crippen MR) is 87.1 cm³/mol. The topological polar surface area (TPSA) is 59.1 Å². The van der Waals surface area contributed by atoms with Gasteiger partial charge in [-0.25, -0.2) is 9.97 Å². The van der Waals surface area contributed by atoms with Crippen LogP contribution in [0.5, 0.6) is 0 Å². The Labute approximate surface area is 127 Å². The SMILES string of the molecule is CCCNc1nc(C2CC2)nc(NC(C)COCC)c1C. The second kappa shape index (κ2) is 7.59. The monoisotopic (exact) mass is 292 g/mol. The molecule has 1 aliphatic carbocycles. The van der Waals surface area contributed by atoms with E-state index in [1.807, 2.05) is 6.92 Å². The smallest absolute Gasteiger partial charge is 0.136 e. The molecule has 1 aromatic rings. The molecule has 118 valence electrons. The highest BCUT2D eigenvalue weighted by Crippen LogP contribution is 2.39. The summed E-state index contributed by atoms with van der Waals surface area (Å²) >= 11 is 0. The minimum atomic E-state index is 0.240. The van der Waals surface area contributed by atoms with Crippen LogP contribution in [0, 0.1) is 6.92 Å². The minimum absolute atomic E-state index is 0.240. The Kier molecular flexibility index (Phi) is 5.79. The molecule has 1 unspecified atom stereocenters. The maximum atomic E-state index is 5.47. The van der Waals surface area contributed by atoms with Crippen molar-refractivity contribution in [3.63, 3.8) is 0 Å². The van der Waals surface area contributed by atoms with Gasteiger partial charge in [0.15, 0.2) is 0 Å². The van der Waals surface area contributed by atoms with E-state index in [-0.39, 0.29) is 6.04 Å². The number of hydrogen-bond acceptors (Lipinski definition) is 5. The third-order valence-corrected chi connectivity index (χ3v) is 3.60. The van der Waals surface area contributed by atoms with Crippen molar-refractivity contribution in [3.05, 3.63) is 11.4 Å². The Morgan fingerprint density at radius 1 is 1.24 bits per heavy atom. The highest BCUT2D eigenvalue weighted by molar-refractivity contribution is 5.58. The van der Waals surface area contributed by atoms with Gasteiger partial charge >= 0.3 is 0 Å². The molecule has 21 heavy (non-hydrogen) atoms. The molecule has 2 N–H and O–H groups in total. The number of ether oxygens (including phenoxy) is 1. The van der Waals surface area contributed by atoms with E-state index in [2.05, 4.69) is 31.4 Å². The van der Waals surface area contributed by atoms with Crippen LogP contribution in [0.2, 0.25) is 0 Å². The molecule has 1 aliphatic rings. The zero-order chi connectivity index (χ0) is 15.2. The molecule has 5 heteroatoms. The molecular weight excluding hydrogens is 264 g/mol. The van der Waals surface area contributed by atoms with E-state index < -0.39 is 0 Å². The second-order valence-corrected chi connectivity index (χ2v) is 5.81. The average molecular weight is 292 g/mol. The minimum Gasteiger partial charge on any atom is -0.380 e. The average Bonchev–Trinajstić information content (AvgIpc) is 3.30. The quantitative estimate of drug-likeness (QED) is 0.731. The molecule has 1 aromatic heterocycles. The lowest BCUT2D eigenvalue weighted by molar-refractivity contribution is 0.141. The van der Waals surface area contributed by atoms with E-state index in [0.717, 1.165) is 42.6 Å². The van der Waals surface area contributed by atoms with Crippen LogP contribution >= 0.6 is 0 Å². The number of nitrogens with zero attached hydrogens (tertiary/aromatic N) is 2. The van der Waals surface area contributed by atoms with Gasteiger partial charge in [0.05, 0.1) is 6.61 Å². The number of aromatic nitrogens is 2. The van der Waals surface area contributed by atoms with Gasteiger partial charge < -0.3 is 15.4 Å². The molecule has 2 rings (SSSR count). The van der Waals surface area contributed by atoms with Crippen LogP contribution in [0.1, 0.15) is 57.3 Å². The Morgan fingerprint density at radius 3 is 2.57 bits per heavy atom. The molecule has 0 aliphatic heterocycles. The van der Waals surface area contributed by atoms with Crippen molar-refractivity contribution in [2.75, 3.05) is 30.4 Å². The van der Waals surface area contributed by atoms with Gasteiger partial charge in [0, 0.05) is 30.7 Å². The highest BCUT2D eigenvalue weighted by atomic mass is 16.5. The molecule has 1 fully saturated rings. The summed E-state index contributed by atoms with van der Waals surface area (Å²) in [5.41, 5.74) is 1.09. The first kappa shape index (κ1) is 16.0. The van der Waals surface area contributed by atoms with E-state index in [9.17, 15) is 0 Å². The molecule has 1 atom stereocenters. The highest BCUT2D eigenvalue weighted by Gasteiger charge is 2.28. The maximum absolute atomic E-state index is 5.47. The summed E-state index contributed by atoms with van der Waals surface area (Å²) in [7, 11) is 0. The summed E-state index contributed by atoms with van der Waals surface area (Å²) in [5, 5.41) is 6.89. The first-order chi connectivity index (χ1) is 10.2. The summed E-state index contributed by atoms with van der Waals surface area (Å²) in [5.74, 6) is 3.44. The molecule has 0 aromatic carbocycles. The molecule has 1 heterocycles. The van der Waals surface area contributed by atoms with E-state index in [4.69, 9.17) is 14.7 Å². The lowest BCUT2D eigenvalue weighted by Crippen LogP contribution is -2.24. The van der Waals surface area contributed by atoms with E-state index in [1.54, 1.807) is 0 Å². The second-order valence-electron chi connectivity index (χ2n) is 5.81. The molecular formula is C16H28N4O. The lowest BCUT2D eigenvalue weighted by Gasteiger charge is -2.19. The van der Waals surface area contributed by atoms with Crippen LogP contribution in [-0.2, 0) is 4.74 Å². The van der Waals surface area contributed by atoms with Crippen molar-refractivity contribution in [1.82, 2.24) is 9.97 Å². The Balaban J connectivity index is 2.15. The zero-order valence-corrected chi connectivity index (χ0v) is 13.7. The first-order valence-electron chi connectivity index (χ1n) is 8.12. The van der Waals surface area contributed by atoms with Crippen LogP contribution in [-0.4, -0.2) is 35.8 Å². The van der Waals surface area contributed by atoms with E-state index in [0.29, 0.717) is 12.5 Å². The molecule has 0 amide bonds. The predicted octanol–water partition coefficient (Wildman–Crippen LogP) is 3.32. The molecule has 0 radical (unpaired) electrons. The van der Waals surface area contributed by atoms with Crippen molar-refractivity contribution >= 4 is 11.6 Å². The number of rotatable bonds is 9. The van der Waals surface area contributed by atoms with Crippen molar-refractivity contribution in [1.29, 1.82) is 0 Å². The van der Waals surface area contributed by atoms with Gasteiger partial charge in [0.25, 0.3) is 0 Å². The standard InChI is InChI=1S/C16H28N4O/c1-5-9-17-14-12(4)15(18-11(3)10-21-6-2)20-16(19-14)13-7-8-13/h11,13H,5-10H2,1-4H3,(H2,17,18,19,20). The maximum Gasteiger partial charge on any atom is 0.136 e. The number of nitrogens with one attached hydrogen (secondary N) is 2. The zero-order valence-electron chi connectivity index (χ0n) is 13.7. The van der Waals surface area contributed by atoms with Gasteiger partial charge in [0.2, 0.25) is 0 Å². The Morgan fingerprint density at radius 2 is 1.95 bits per heavy atom. The fourth-order valence-corrected chi connectivity index (χ4v) is 2.18. The Hall–Kier alpha value is -1.36. The van der Waals surface area contributed by atoms with Crippen molar-refractivity contribution in [3.8, 4) is 0 Å². The van der Waals surface area contributed by atoms with Crippen molar-refractivity contribution in [2.45, 2.75) is 58.9 Å². The van der Waals surface area contributed by atoms with Crippen LogP contribution in [0.25, 0.3) is 0 Å². The van der Waals surface area contributed by atoms with Crippen LogP contribution in [0.4, 0.5) is 11.6 Å². The summed E-state index contributed by atoms with van der Waals surface area (Å²) in [6, 6.07) is 0.240. The van der Waals surface area contributed by atoms with E-state index >= 15 is 0 Å². The largest absolute Gasteiger partial charge is 0.380 e. The van der Waals surface area contributed by atoms with Gasteiger partial charge in [-0.2, -0.15) is 0 Å². The van der Waals surface area contributed by atoms with Crippen molar-refractivity contribution in [2.24, 2.45) is 0 Å². The third kappa shape index (κ3) is 4.56. The molecule has 5 nitrogen and oxygen atoms in total. The van der Waals surface area contributed by atoms with Crippen LogP contribution in [0.3, 0.4) is 0 Å². The fraction of sp³-hybridized carbons (Fsp3) is 0.750. The Bertz CT molecular complexity index is 460. The van der Waals surface area contributed by atoms with Crippen molar-refractivity contribution < 1.29 is 4.74 Å². The van der Waals surface area contributed by atoms with Crippen LogP contribution < -0.4 is 10.6 Å². The first-order valence-corrected chi connectivity index (χ1v) is 8.12. The summed E-state index contributed by atoms with van der Waals surface area (Å²) < 4.78 is 5.47. The summed E-state index contributed by atoms with van der Waals surface area (Å²) in [6.07, 6.45) is 3.51. The molecule has 0 saturated heterocycles. The van der Waals surface area contributed by atoms with Crippen LogP contribution in [0.15, 0.2) is 0 Å². The number of anilines is 2. The fourth-order valence-electron chi connectivity index (χ4n) is 2.18. The molecule has 0 spiro atoms. The number of hydrogen-bond donors (Lipinski definition) is 2. The summed E-state index contributed by atoms with van der Waals surface area (Å²) in [6.45, 7) is 10.7. The van der Waals surface area contributed by atoms with Gasteiger partial charge in [-0.15, -0.1) is 0 Å². The molecule has 1 saturated carbocycles. The van der Waals surface area contributed by atoms with Gasteiger partial charge in [-0.1, -0.05) is 6.92 Å². The van der Waals surface area contributed by atoms with Gasteiger partial charge in [-0.05, 0) is 40.0 Å². The third-order valence-electron chi connectivity index (χ3n) is 3.60. The molecule has 0 bridgehead atoms. The van der Waals surface area contributed by atoms with Gasteiger partial charge in [-0.3, -0.25) is 0 Å². The lowest BCUT2D eigenvalue weighted by atomic mass is 10.2. The van der Waals surface area contributed by atoms with E-state index in [1.165, 1.54) is 12.8 Å². The summed E-state index contributed by atoms with van der Waals surface area (Å²) in [4.78, 5) is 9.44.